The first-order valence-electron chi connectivity index (χ1n) is 15.5. The Bertz CT molecular complexity index is 2110. The van der Waals surface area contributed by atoms with Crippen LogP contribution in [-0.2, 0) is 6.42 Å². The Morgan fingerprint density at radius 1 is 0.792 bits per heavy atom. The summed E-state index contributed by atoms with van der Waals surface area (Å²) in [6.07, 6.45) is 4.57. The minimum Gasteiger partial charge on any atom is -0.508 e. The van der Waals surface area contributed by atoms with E-state index in [4.69, 9.17) is 4.42 Å². The van der Waals surface area contributed by atoms with Crippen molar-refractivity contribution in [3.05, 3.63) is 112 Å². The molecular weight excluding hydrogens is 612 g/mol. The van der Waals surface area contributed by atoms with Crippen LogP contribution < -0.4 is 0 Å². The second-order valence-corrected chi connectivity index (χ2v) is 12.7. The maximum atomic E-state index is 14.3. The van der Waals surface area contributed by atoms with Crippen LogP contribution in [-0.4, -0.2) is 41.5 Å². The van der Waals surface area contributed by atoms with E-state index in [1.807, 2.05) is 26.8 Å². The number of benzene rings is 4. The Labute approximate surface area is 276 Å². The van der Waals surface area contributed by atoms with Gasteiger partial charge in [-0.15, -0.1) is 0 Å². The fourth-order valence-electron chi connectivity index (χ4n) is 6.73. The lowest BCUT2D eigenvalue weighted by atomic mass is 9.65. The molecule has 0 saturated carbocycles. The molecule has 0 spiro atoms. The molecule has 3 unspecified atom stereocenters. The predicted octanol–water partition coefficient (Wildman–Crippen LogP) is 8.26. The summed E-state index contributed by atoms with van der Waals surface area (Å²) in [6.45, 7) is 5.77. The minimum absolute atomic E-state index is 0.0837. The van der Waals surface area contributed by atoms with Crippen LogP contribution >= 0.6 is 0 Å². The van der Waals surface area contributed by atoms with Crippen LogP contribution in [0.1, 0.15) is 66.1 Å². The van der Waals surface area contributed by atoms with Gasteiger partial charge in [-0.05, 0) is 93.8 Å². The molecule has 1 aromatic heterocycles. The Morgan fingerprint density at radius 3 is 2.17 bits per heavy atom. The van der Waals surface area contributed by atoms with Crippen LogP contribution in [0.25, 0.3) is 22.3 Å². The van der Waals surface area contributed by atoms with Crippen LogP contribution in [0.15, 0.2) is 94.4 Å². The normalized spacial score (nSPS) is 17.6. The van der Waals surface area contributed by atoms with E-state index in [2.05, 4.69) is 0 Å². The molecule has 1 aliphatic carbocycles. The van der Waals surface area contributed by atoms with Crippen molar-refractivity contribution in [1.82, 2.24) is 0 Å². The third-order valence-electron chi connectivity index (χ3n) is 9.04. The average Bonchev–Trinajstić information content (AvgIpc) is 3.45. The number of phenolic OH excluding ortho intramolecular Hbond substituents is 7. The number of hydrogen-bond donors (Lipinski definition) is 7. The molecule has 7 N–H and O–H groups in total. The number of carbonyl (C=O) groups excluding carboxylic acids is 1. The molecule has 1 heterocycles. The molecule has 0 aliphatic heterocycles. The summed E-state index contributed by atoms with van der Waals surface area (Å²) in [4.78, 5) is 14.3. The van der Waals surface area contributed by atoms with E-state index in [-0.39, 0.29) is 39.9 Å². The number of rotatable bonds is 7. The Kier molecular flexibility index (Phi) is 8.30. The standard InChI is InChI=1S/C39H36O9/c1-19(2)4-8-26-29(41)10-6-22-17-35(48-39(22)26)23-15-33(45)37(34(46)16-23)28-13-20(3)12-27(25-9-7-24(40)18-31(25)43)36(28)38(47)21-5-11-30(42)32(44)14-21/h4-7,9-11,13-18,27-28,36,40-46H,8,12H2,1-3H3. The molecule has 5 aromatic rings. The number of hydrogen-bond acceptors (Lipinski definition) is 9. The van der Waals surface area contributed by atoms with Gasteiger partial charge < -0.3 is 40.2 Å². The molecule has 4 aromatic carbocycles. The smallest absolute Gasteiger partial charge is 0.167 e. The molecule has 0 radical (unpaired) electrons. The van der Waals surface area contributed by atoms with Crippen molar-refractivity contribution in [2.75, 3.05) is 0 Å². The molecular formula is C39H36O9. The molecule has 0 amide bonds. The van der Waals surface area contributed by atoms with Crippen LogP contribution in [0, 0.1) is 5.92 Å². The molecule has 6 rings (SSSR count). The first kappa shape index (κ1) is 32.1. The molecule has 0 bridgehead atoms. The maximum absolute atomic E-state index is 14.3. The second-order valence-electron chi connectivity index (χ2n) is 12.7. The molecule has 1 aliphatic rings. The van der Waals surface area contributed by atoms with Gasteiger partial charge >= 0.3 is 0 Å². The topological polar surface area (TPSA) is 172 Å². The van der Waals surface area contributed by atoms with E-state index in [0.717, 1.165) is 22.6 Å². The number of allylic oxidation sites excluding steroid dienone is 4. The van der Waals surface area contributed by atoms with Gasteiger partial charge in [-0.3, -0.25) is 4.79 Å². The highest BCUT2D eigenvalue weighted by Gasteiger charge is 2.42. The van der Waals surface area contributed by atoms with Gasteiger partial charge in [0.2, 0.25) is 0 Å². The van der Waals surface area contributed by atoms with Crippen molar-refractivity contribution >= 4 is 16.8 Å². The quantitative estimate of drug-likeness (QED) is 0.0521. The first-order valence-corrected chi connectivity index (χ1v) is 15.5. The van der Waals surface area contributed by atoms with Crippen LogP contribution in [0.4, 0.5) is 0 Å². The van der Waals surface area contributed by atoms with Crippen molar-refractivity contribution in [3.63, 3.8) is 0 Å². The Hall–Kier alpha value is -5.83. The van der Waals surface area contributed by atoms with Crippen molar-refractivity contribution in [2.45, 2.75) is 45.4 Å². The van der Waals surface area contributed by atoms with E-state index < -0.39 is 35.0 Å². The van der Waals surface area contributed by atoms with Gasteiger partial charge in [-0.1, -0.05) is 29.4 Å². The minimum atomic E-state index is -0.998. The van der Waals surface area contributed by atoms with Gasteiger partial charge in [0.1, 0.15) is 40.1 Å². The van der Waals surface area contributed by atoms with Gasteiger partial charge in [0.05, 0.1) is 0 Å². The van der Waals surface area contributed by atoms with Gasteiger partial charge in [-0.25, -0.2) is 0 Å². The zero-order chi connectivity index (χ0) is 34.4. The fourth-order valence-corrected chi connectivity index (χ4v) is 6.73. The molecule has 246 valence electrons. The van der Waals surface area contributed by atoms with Gasteiger partial charge in [0.15, 0.2) is 17.3 Å². The van der Waals surface area contributed by atoms with Crippen LogP contribution in [0.5, 0.6) is 40.2 Å². The number of aromatic hydroxyl groups is 7. The summed E-state index contributed by atoms with van der Waals surface area (Å²) < 4.78 is 6.18. The highest BCUT2D eigenvalue weighted by Crippen LogP contribution is 2.53. The van der Waals surface area contributed by atoms with Crippen LogP contribution in [0.3, 0.4) is 0 Å². The predicted molar refractivity (Wildman–Crippen MR) is 181 cm³/mol. The molecule has 48 heavy (non-hydrogen) atoms. The number of Topliss-reactive ketones (excluding diaryl/α,β-unsaturated/α-hetero) is 1. The molecule has 9 nitrogen and oxygen atoms in total. The highest BCUT2D eigenvalue weighted by atomic mass is 16.3. The zero-order valence-corrected chi connectivity index (χ0v) is 26.6. The second kappa shape index (κ2) is 12.4. The summed E-state index contributed by atoms with van der Waals surface area (Å²) in [5, 5.41) is 75.3. The molecule has 0 saturated heterocycles. The lowest BCUT2D eigenvalue weighted by Gasteiger charge is -2.37. The van der Waals surface area contributed by atoms with Crippen molar-refractivity contribution in [3.8, 4) is 51.6 Å². The number of furan rings is 1. The van der Waals surface area contributed by atoms with Crippen LogP contribution in [0.2, 0.25) is 0 Å². The molecule has 9 heteroatoms. The Morgan fingerprint density at radius 2 is 1.50 bits per heavy atom. The fraction of sp³-hybridized carbons (Fsp3) is 0.205. The van der Waals surface area contributed by atoms with E-state index in [9.17, 15) is 40.5 Å². The number of phenols is 7. The third-order valence-corrected chi connectivity index (χ3v) is 9.04. The van der Waals surface area contributed by atoms with E-state index in [1.165, 1.54) is 42.5 Å². The number of ketones is 1. The van der Waals surface area contributed by atoms with E-state index in [1.54, 1.807) is 24.3 Å². The van der Waals surface area contributed by atoms with Gasteiger partial charge in [0.25, 0.3) is 0 Å². The van der Waals surface area contributed by atoms with Crippen molar-refractivity contribution < 1.29 is 45.0 Å². The SMILES string of the molecule is CC(C)=CCc1c(O)ccc2cc(-c3cc(O)c(C4C=C(C)CC(c5ccc(O)cc5O)C4C(=O)c4ccc(O)c(O)c4)c(O)c3)oc12. The zero-order valence-electron chi connectivity index (χ0n) is 26.6. The lowest BCUT2D eigenvalue weighted by Crippen LogP contribution is -2.31. The van der Waals surface area contributed by atoms with E-state index >= 15 is 0 Å². The summed E-state index contributed by atoms with van der Waals surface area (Å²) in [5.74, 6) is -4.42. The monoisotopic (exact) mass is 648 g/mol. The molecule has 3 atom stereocenters. The van der Waals surface area contributed by atoms with E-state index in [0.29, 0.717) is 40.9 Å². The van der Waals surface area contributed by atoms with Gasteiger partial charge in [0, 0.05) is 51.5 Å². The van der Waals surface area contributed by atoms with Gasteiger partial charge in [-0.2, -0.15) is 0 Å². The average molecular weight is 649 g/mol. The number of carbonyl (C=O) groups is 1. The summed E-state index contributed by atoms with van der Waals surface area (Å²) in [7, 11) is 0. The third kappa shape index (κ3) is 5.90. The summed E-state index contributed by atoms with van der Waals surface area (Å²) >= 11 is 0. The maximum Gasteiger partial charge on any atom is 0.167 e. The van der Waals surface area contributed by atoms with Crippen molar-refractivity contribution in [1.29, 1.82) is 0 Å². The number of fused-ring (bicyclic) bond motifs is 1. The molecule has 0 fully saturated rings. The Balaban J connectivity index is 1.48. The summed E-state index contributed by atoms with van der Waals surface area (Å²) in [5.41, 5.74) is 3.93. The lowest BCUT2D eigenvalue weighted by molar-refractivity contribution is 0.0879. The van der Waals surface area contributed by atoms with Crippen molar-refractivity contribution in [2.24, 2.45) is 5.92 Å². The highest BCUT2D eigenvalue weighted by molar-refractivity contribution is 6.00. The largest absolute Gasteiger partial charge is 0.508 e. The first-order chi connectivity index (χ1) is 22.8. The summed E-state index contributed by atoms with van der Waals surface area (Å²) in [6, 6.07) is 15.8.